The fourth-order valence-corrected chi connectivity index (χ4v) is 2.89. The summed E-state index contributed by atoms with van der Waals surface area (Å²) in [6.07, 6.45) is 1.39. The molecule has 2 aromatic rings. The molecule has 0 radical (unpaired) electrons. The molecule has 2 heterocycles. The third kappa shape index (κ3) is 2.96. The quantitative estimate of drug-likeness (QED) is 0.890. The van der Waals surface area contributed by atoms with E-state index in [2.05, 4.69) is 21.2 Å². The molecule has 17 heavy (non-hydrogen) atoms. The van der Waals surface area contributed by atoms with Crippen LogP contribution in [0.15, 0.2) is 32.7 Å². The highest BCUT2D eigenvalue weighted by molar-refractivity contribution is 9.10. The van der Waals surface area contributed by atoms with Gasteiger partial charge in [-0.3, -0.25) is 0 Å². The number of carboxylic acids is 1. The Hall–Kier alpha value is -1.11. The Morgan fingerprint density at radius 2 is 2.29 bits per heavy atom. The topological polar surface area (TPSA) is 62.5 Å². The molecule has 0 atom stereocenters. The highest BCUT2D eigenvalue weighted by Gasteiger charge is 2.13. The average Bonchev–Trinajstić information content (AvgIpc) is 2.88. The predicted octanol–water partition coefficient (Wildman–Crippen LogP) is 3.09. The number of hydrogen-bond acceptors (Lipinski definition) is 4. The Bertz CT molecular complexity index is 520. The van der Waals surface area contributed by atoms with Crippen molar-refractivity contribution in [1.29, 1.82) is 0 Å². The van der Waals surface area contributed by atoms with Gasteiger partial charge >= 0.3 is 5.97 Å². The zero-order valence-electron chi connectivity index (χ0n) is 8.77. The fourth-order valence-electron chi connectivity index (χ4n) is 1.42. The summed E-state index contributed by atoms with van der Waals surface area (Å²) in [5.74, 6) is -1.04. The van der Waals surface area contributed by atoms with Gasteiger partial charge in [0.1, 0.15) is 0 Å². The first-order valence-electron chi connectivity index (χ1n) is 4.90. The van der Waals surface area contributed by atoms with Crippen LogP contribution in [0.1, 0.15) is 21.0 Å². The molecule has 2 aromatic heterocycles. The van der Waals surface area contributed by atoms with Gasteiger partial charge in [0, 0.05) is 28.0 Å². The largest absolute Gasteiger partial charge is 0.475 e. The second-order valence-corrected chi connectivity index (χ2v) is 5.23. The first-order valence-corrected chi connectivity index (χ1v) is 6.58. The number of nitrogens with one attached hydrogen (secondary N) is 1. The summed E-state index contributed by atoms with van der Waals surface area (Å²) in [6.45, 7) is 1.17. The number of hydrogen-bond donors (Lipinski definition) is 2. The minimum Gasteiger partial charge on any atom is -0.475 e. The molecule has 0 aliphatic heterocycles. The van der Waals surface area contributed by atoms with Crippen molar-refractivity contribution in [2.75, 3.05) is 0 Å². The van der Waals surface area contributed by atoms with Gasteiger partial charge in [0.15, 0.2) is 0 Å². The lowest BCUT2D eigenvalue weighted by Crippen LogP contribution is -2.13. The smallest absolute Gasteiger partial charge is 0.372 e. The SMILES string of the molecule is O=C(O)c1occc1CNCc1sccc1Br. The number of halogens is 1. The number of furan rings is 1. The van der Waals surface area contributed by atoms with E-state index in [4.69, 9.17) is 9.52 Å². The van der Waals surface area contributed by atoms with E-state index in [1.165, 1.54) is 11.1 Å². The Morgan fingerprint density at radius 3 is 2.94 bits per heavy atom. The summed E-state index contributed by atoms with van der Waals surface area (Å²) >= 11 is 5.09. The first kappa shape index (κ1) is 12.3. The van der Waals surface area contributed by atoms with Gasteiger partial charge in [-0.15, -0.1) is 11.3 Å². The highest BCUT2D eigenvalue weighted by Crippen LogP contribution is 2.22. The standard InChI is InChI=1S/C11H10BrNO3S/c12-8-2-4-17-9(8)6-13-5-7-1-3-16-10(7)11(14)15/h1-4,13H,5-6H2,(H,14,15). The van der Waals surface area contributed by atoms with Crippen molar-refractivity contribution in [3.63, 3.8) is 0 Å². The van der Waals surface area contributed by atoms with Crippen molar-refractivity contribution < 1.29 is 14.3 Å². The zero-order chi connectivity index (χ0) is 12.3. The van der Waals surface area contributed by atoms with Crippen LogP contribution in [-0.2, 0) is 13.1 Å². The van der Waals surface area contributed by atoms with Crippen molar-refractivity contribution in [1.82, 2.24) is 5.32 Å². The van der Waals surface area contributed by atoms with E-state index in [1.54, 1.807) is 17.4 Å². The third-order valence-corrected chi connectivity index (χ3v) is 4.16. The van der Waals surface area contributed by atoms with E-state index in [0.717, 1.165) is 4.47 Å². The van der Waals surface area contributed by atoms with Gasteiger partial charge in [-0.1, -0.05) is 0 Å². The van der Waals surface area contributed by atoms with Gasteiger partial charge in [0.25, 0.3) is 0 Å². The molecule has 6 heteroatoms. The number of aromatic carboxylic acids is 1. The minimum atomic E-state index is -1.04. The molecule has 0 amide bonds. The molecule has 2 N–H and O–H groups in total. The highest BCUT2D eigenvalue weighted by atomic mass is 79.9. The van der Waals surface area contributed by atoms with Crippen LogP contribution in [0.25, 0.3) is 0 Å². The van der Waals surface area contributed by atoms with Crippen LogP contribution in [0.2, 0.25) is 0 Å². The summed E-state index contributed by atoms with van der Waals surface area (Å²) < 4.78 is 5.96. The second-order valence-electron chi connectivity index (χ2n) is 3.38. The van der Waals surface area contributed by atoms with Crippen LogP contribution in [0, 0.1) is 0 Å². The Morgan fingerprint density at radius 1 is 1.47 bits per heavy atom. The second kappa shape index (κ2) is 5.48. The molecule has 90 valence electrons. The number of carbonyl (C=O) groups is 1. The lowest BCUT2D eigenvalue weighted by molar-refractivity contribution is 0.0660. The van der Waals surface area contributed by atoms with E-state index >= 15 is 0 Å². The number of rotatable bonds is 5. The maximum Gasteiger partial charge on any atom is 0.372 e. The average molecular weight is 316 g/mol. The van der Waals surface area contributed by atoms with Crippen molar-refractivity contribution in [2.45, 2.75) is 13.1 Å². The lowest BCUT2D eigenvalue weighted by atomic mass is 10.2. The Balaban J connectivity index is 1.92. The zero-order valence-corrected chi connectivity index (χ0v) is 11.2. The molecule has 2 rings (SSSR count). The fraction of sp³-hybridized carbons (Fsp3) is 0.182. The normalized spacial score (nSPS) is 10.6. The van der Waals surface area contributed by atoms with Gasteiger partial charge in [-0.25, -0.2) is 4.79 Å². The van der Waals surface area contributed by atoms with E-state index in [9.17, 15) is 4.79 Å². The van der Waals surface area contributed by atoms with E-state index in [1.807, 2.05) is 11.4 Å². The summed E-state index contributed by atoms with van der Waals surface area (Å²) in [5, 5.41) is 14.0. The maximum atomic E-state index is 10.8. The monoisotopic (exact) mass is 315 g/mol. The summed E-state index contributed by atoms with van der Waals surface area (Å²) in [6, 6.07) is 3.65. The number of thiophene rings is 1. The van der Waals surface area contributed by atoms with Crippen LogP contribution in [-0.4, -0.2) is 11.1 Å². The summed E-state index contributed by atoms with van der Waals surface area (Å²) in [4.78, 5) is 12.0. The first-order chi connectivity index (χ1) is 8.18. The van der Waals surface area contributed by atoms with Crippen molar-refractivity contribution in [2.24, 2.45) is 0 Å². The van der Waals surface area contributed by atoms with Crippen LogP contribution in [0.4, 0.5) is 0 Å². The van der Waals surface area contributed by atoms with Gasteiger partial charge in [-0.05, 0) is 33.4 Å². The molecule has 0 saturated carbocycles. The Labute approximate surface area is 110 Å². The molecule has 0 unspecified atom stereocenters. The third-order valence-electron chi connectivity index (χ3n) is 2.23. The van der Waals surface area contributed by atoms with Gasteiger partial charge in [0.2, 0.25) is 5.76 Å². The van der Waals surface area contributed by atoms with Gasteiger partial charge in [-0.2, -0.15) is 0 Å². The number of carboxylic acid groups (broad SMARTS) is 1. The Kier molecular flexibility index (Phi) is 3.98. The molecule has 0 aromatic carbocycles. The molecule has 4 nitrogen and oxygen atoms in total. The molecule has 0 bridgehead atoms. The molecule has 0 aliphatic carbocycles. The van der Waals surface area contributed by atoms with Crippen LogP contribution < -0.4 is 5.32 Å². The van der Waals surface area contributed by atoms with Crippen molar-refractivity contribution >= 4 is 33.2 Å². The summed E-state index contributed by atoms with van der Waals surface area (Å²) in [5.41, 5.74) is 0.658. The lowest BCUT2D eigenvalue weighted by Gasteiger charge is -2.02. The van der Waals surface area contributed by atoms with Gasteiger partial charge < -0.3 is 14.8 Å². The molecule has 0 spiro atoms. The van der Waals surface area contributed by atoms with Crippen LogP contribution >= 0.6 is 27.3 Å². The molecule has 0 aliphatic rings. The minimum absolute atomic E-state index is 0.00254. The van der Waals surface area contributed by atoms with E-state index in [-0.39, 0.29) is 5.76 Å². The molecule has 0 saturated heterocycles. The van der Waals surface area contributed by atoms with E-state index in [0.29, 0.717) is 18.7 Å². The van der Waals surface area contributed by atoms with E-state index < -0.39 is 5.97 Å². The molecular weight excluding hydrogens is 306 g/mol. The maximum absolute atomic E-state index is 10.8. The molecular formula is C11H10BrNO3S. The summed E-state index contributed by atoms with van der Waals surface area (Å²) in [7, 11) is 0. The van der Waals surface area contributed by atoms with Crippen molar-refractivity contribution in [3.8, 4) is 0 Å². The predicted molar refractivity (Wildman–Crippen MR) is 68.2 cm³/mol. The van der Waals surface area contributed by atoms with Crippen molar-refractivity contribution in [3.05, 3.63) is 44.4 Å². The van der Waals surface area contributed by atoms with Crippen LogP contribution in [0.5, 0.6) is 0 Å². The molecule has 0 fully saturated rings. The van der Waals surface area contributed by atoms with Gasteiger partial charge in [0.05, 0.1) is 6.26 Å². The van der Waals surface area contributed by atoms with Crippen LogP contribution in [0.3, 0.4) is 0 Å².